The average molecular weight is 266 g/mol. The van der Waals surface area contributed by atoms with Crippen molar-refractivity contribution >= 4 is 28.9 Å². The summed E-state index contributed by atoms with van der Waals surface area (Å²) in [4.78, 5) is 23.6. The summed E-state index contributed by atoms with van der Waals surface area (Å²) in [6.07, 6.45) is 5.23. The Morgan fingerprint density at radius 1 is 1.67 bits per heavy atom. The van der Waals surface area contributed by atoms with Gasteiger partial charge < -0.3 is 15.8 Å². The van der Waals surface area contributed by atoms with Crippen molar-refractivity contribution in [3.8, 4) is 12.3 Å². The molecule has 0 spiro atoms. The van der Waals surface area contributed by atoms with Gasteiger partial charge in [-0.3, -0.25) is 4.79 Å². The maximum Gasteiger partial charge on any atom is 0.350 e. The van der Waals surface area contributed by atoms with Gasteiger partial charge in [0.05, 0.1) is 18.8 Å². The standard InChI is InChI=1S/C12H14N2O3S/c1-4-5-8(13)11(15)14-9-7(2)6-18-10(9)12(16)17-3/h1,6,8H,5,13H2,2-3H3,(H,14,15). The molecule has 0 aliphatic rings. The fourth-order valence-electron chi connectivity index (χ4n) is 1.28. The molecular formula is C12H14N2O3S. The first-order valence-corrected chi connectivity index (χ1v) is 6.05. The number of carbonyl (C=O) groups is 2. The molecule has 0 aliphatic carbocycles. The molecule has 1 atom stereocenters. The summed E-state index contributed by atoms with van der Waals surface area (Å²) in [5, 5.41) is 4.37. The van der Waals surface area contributed by atoms with Crippen LogP contribution < -0.4 is 11.1 Å². The fraction of sp³-hybridized carbons (Fsp3) is 0.333. The van der Waals surface area contributed by atoms with E-state index in [1.807, 2.05) is 0 Å². The fourth-order valence-corrected chi connectivity index (χ4v) is 2.20. The topological polar surface area (TPSA) is 81.4 Å². The predicted octanol–water partition coefficient (Wildman–Crippen LogP) is 1.13. The largest absolute Gasteiger partial charge is 0.465 e. The van der Waals surface area contributed by atoms with Crippen LogP contribution in [0.1, 0.15) is 21.7 Å². The first-order valence-electron chi connectivity index (χ1n) is 5.17. The molecule has 0 fully saturated rings. The van der Waals surface area contributed by atoms with E-state index >= 15 is 0 Å². The quantitative estimate of drug-likeness (QED) is 0.632. The van der Waals surface area contributed by atoms with Crippen molar-refractivity contribution < 1.29 is 14.3 Å². The molecule has 18 heavy (non-hydrogen) atoms. The minimum absolute atomic E-state index is 0.141. The highest BCUT2D eigenvalue weighted by molar-refractivity contribution is 7.12. The van der Waals surface area contributed by atoms with E-state index in [-0.39, 0.29) is 6.42 Å². The summed E-state index contributed by atoms with van der Waals surface area (Å²) >= 11 is 1.21. The van der Waals surface area contributed by atoms with Crippen LogP contribution in [0.25, 0.3) is 0 Å². The van der Waals surface area contributed by atoms with E-state index in [0.717, 1.165) is 5.56 Å². The van der Waals surface area contributed by atoms with Crippen molar-refractivity contribution in [3.05, 3.63) is 15.8 Å². The number of terminal acetylenes is 1. The first-order chi connectivity index (χ1) is 8.51. The second kappa shape index (κ2) is 6.19. The van der Waals surface area contributed by atoms with Gasteiger partial charge >= 0.3 is 5.97 Å². The minimum Gasteiger partial charge on any atom is -0.465 e. The third-order valence-electron chi connectivity index (χ3n) is 2.27. The molecule has 3 N–H and O–H groups in total. The monoisotopic (exact) mass is 266 g/mol. The number of hydrogen-bond acceptors (Lipinski definition) is 5. The molecule has 1 heterocycles. The summed E-state index contributed by atoms with van der Waals surface area (Å²) in [7, 11) is 1.28. The van der Waals surface area contributed by atoms with Gasteiger partial charge in [0.25, 0.3) is 0 Å². The summed E-state index contributed by atoms with van der Waals surface area (Å²) in [6, 6.07) is -0.792. The van der Waals surface area contributed by atoms with Gasteiger partial charge in [-0.15, -0.1) is 23.7 Å². The van der Waals surface area contributed by atoms with Gasteiger partial charge in [-0.2, -0.15) is 0 Å². The Morgan fingerprint density at radius 2 is 2.33 bits per heavy atom. The Morgan fingerprint density at radius 3 is 2.89 bits per heavy atom. The number of nitrogens with two attached hydrogens (primary N) is 1. The number of hydrogen-bond donors (Lipinski definition) is 2. The van der Waals surface area contributed by atoms with Gasteiger partial charge in [0, 0.05) is 6.42 Å². The highest BCUT2D eigenvalue weighted by atomic mass is 32.1. The van der Waals surface area contributed by atoms with Gasteiger partial charge in [-0.1, -0.05) is 0 Å². The van der Waals surface area contributed by atoms with E-state index in [4.69, 9.17) is 12.2 Å². The van der Waals surface area contributed by atoms with Crippen LogP contribution in [-0.2, 0) is 9.53 Å². The van der Waals surface area contributed by atoms with Gasteiger partial charge in [-0.25, -0.2) is 4.79 Å². The smallest absolute Gasteiger partial charge is 0.350 e. The summed E-state index contributed by atoms with van der Waals surface area (Å²) in [5.74, 6) is 1.41. The molecule has 1 aromatic heterocycles. The molecule has 5 nitrogen and oxygen atoms in total. The molecule has 0 saturated heterocycles. The number of esters is 1. The van der Waals surface area contributed by atoms with Gasteiger partial charge in [0.1, 0.15) is 4.88 Å². The van der Waals surface area contributed by atoms with Crippen molar-refractivity contribution in [1.82, 2.24) is 0 Å². The minimum atomic E-state index is -0.792. The first kappa shape index (κ1) is 14.2. The van der Waals surface area contributed by atoms with E-state index < -0.39 is 17.9 Å². The van der Waals surface area contributed by atoms with E-state index in [1.165, 1.54) is 18.4 Å². The van der Waals surface area contributed by atoms with Crippen molar-refractivity contribution in [2.45, 2.75) is 19.4 Å². The Balaban J connectivity index is 2.91. The molecular weight excluding hydrogens is 252 g/mol. The number of rotatable bonds is 4. The van der Waals surface area contributed by atoms with Crippen molar-refractivity contribution in [3.63, 3.8) is 0 Å². The average Bonchev–Trinajstić information content (AvgIpc) is 2.70. The van der Waals surface area contributed by atoms with Crippen LogP contribution in [0.2, 0.25) is 0 Å². The summed E-state index contributed by atoms with van der Waals surface area (Å²) in [6.45, 7) is 1.78. The molecule has 0 aromatic carbocycles. The highest BCUT2D eigenvalue weighted by Gasteiger charge is 2.20. The van der Waals surface area contributed by atoms with Crippen LogP contribution in [0, 0.1) is 19.3 Å². The van der Waals surface area contributed by atoms with Crippen molar-refractivity contribution in [2.24, 2.45) is 5.73 Å². The highest BCUT2D eigenvalue weighted by Crippen LogP contribution is 2.28. The third kappa shape index (κ3) is 3.09. The molecule has 1 rings (SSSR count). The Bertz CT molecular complexity index is 502. The summed E-state index contributed by atoms with van der Waals surface area (Å²) < 4.78 is 4.64. The Labute approximate surface area is 109 Å². The number of thiophene rings is 1. The molecule has 96 valence electrons. The SMILES string of the molecule is C#CCC(N)C(=O)Nc1c(C)csc1C(=O)OC. The maximum absolute atomic E-state index is 11.7. The Hall–Kier alpha value is -1.84. The lowest BCUT2D eigenvalue weighted by Crippen LogP contribution is -2.35. The van der Waals surface area contributed by atoms with E-state index in [1.54, 1.807) is 12.3 Å². The van der Waals surface area contributed by atoms with Gasteiger partial charge in [0.2, 0.25) is 5.91 Å². The van der Waals surface area contributed by atoms with Crippen LogP contribution in [0.3, 0.4) is 0 Å². The number of amides is 1. The van der Waals surface area contributed by atoms with E-state index in [9.17, 15) is 9.59 Å². The van der Waals surface area contributed by atoms with Crippen LogP contribution in [0.15, 0.2) is 5.38 Å². The van der Waals surface area contributed by atoms with Crippen LogP contribution in [0.4, 0.5) is 5.69 Å². The number of methoxy groups -OCH3 is 1. The van der Waals surface area contributed by atoms with Gasteiger partial charge in [-0.05, 0) is 17.9 Å². The zero-order valence-corrected chi connectivity index (χ0v) is 11.0. The number of carbonyl (C=O) groups excluding carboxylic acids is 2. The number of ether oxygens (including phenoxy) is 1. The van der Waals surface area contributed by atoms with E-state index in [2.05, 4.69) is 16.0 Å². The molecule has 0 saturated carbocycles. The molecule has 0 bridgehead atoms. The molecule has 1 amide bonds. The molecule has 1 unspecified atom stereocenters. The number of aryl methyl sites for hydroxylation is 1. The third-order valence-corrected chi connectivity index (χ3v) is 3.35. The van der Waals surface area contributed by atoms with Crippen LogP contribution >= 0.6 is 11.3 Å². The zero-order valence-electron chi connectivity index (χ0n) is 10.1. The van der Waals surface area contributed by atoms with E-state index in [0.29, 0.717) is 10.6 Å². The molecule has 6 heteroatoms. The van der Waals surface area contributed by atoms with Gasteiger partial charge in [0.15, 0.2) is 0 Å². The number of nitrogens with one attached hydrogen (secondary N) is 1. The van der Waals surface area contributed by atoms with Crippen LogP contribution in [0.5, 0.6) is 0 Å². The molecule has 1 aromatic rings. The second-order valence-corrected chi connectivity index (χ2v) is 4.50. The van der Waals surface area contributed by atoms with Crippen molar-refractivity contribution in [2.75, 3.05) is 12.4 Å². The summed E-state index contributed by atoms with van der Waals surface area (Å²) in [5.41, 5.74) is 6.80. The lowest BCUT2D eigenvalue weighted by Gasteiger charge is -2.10. The second-order valence-electron chi connectivity index (χ2n) is 3.62. The lowest BCUT2D eigenvalue weighted by molar-refractivity contribution is -0.117. The van der Waals surface area contributed by atoms with Crippen molar-refractivity contribution in [1.29, 1.82) is 0 Å². The zero-order chi connectivity index (χ0) is 13.7. The predicted molar refractivity (Wildman–Crippen MR) is 70.5 cm³/mol. The Kier molecular flexibility index (Phi) is 4.89. The molecule has 0 aliphatic heterocycles. The lowest BCUT2D eigenvalue weighted by atomic mass is 10.2. The maximum atomic E-state index is 11.7. The van der Waals surface area contributed by atoms with Crippen LogP contribution in [-0.4, -0.2) is 25.0 Å². The molecule has 0 radical (unpaired) electrons. The number of anilines is 1. The normalized spacial score (nSPS) is 11.4.